The first-order chi connectivity index (χ1) is 8.94. The molecule has 1 aromatic carbocycles. The third-order valence-corrected chi connectivity index (χ3v) is 4.54. The number of hydrogen-bond donors (Lipinski definition) is 2. The van der Waals surface area contributed by atoms with Crippen molar-refractivity contribution in [1.82, 2.24) is 9.97 Å². The molecule has 3 N–H and O–H groups in total. The van der Waals surface area contributed by atoms with Gasteiger partial charge in [-0.2, -0.15) is 8.42 Å². The van der Waals surface area contributed by atoms with Gasteiger partial charge in [-0.15, -0.1) is 0 Å². The number of nitrogens with two attached hydrogens (primary N) is 1. The molecule has 0 aliphatic carbocycles. The van der Waals surface area contributed by atoms with Gasteiger partial charge in [0.15, 0.2) is 5.03 Å². The second-order valence-electron chi connectivity index (χ2n) is 3.77. The van der Waals surface area contributed by atoms with Crippen LogP contribution in [0.1, 0.15) is 5.56 Å². The van der Waals surface area contributed by atoms with Crippen molar-refractivity contribution in [3.63, 3.8) is 0 Å². The Kier molecular flexibility index (Phi) is 3.54. The minimum Gasteiger partial charge on any atom is -0.389 e. The first kappa shape index (κ1) is 13.5. The van der Waals surface area contributed by atoms with Crippen molar-refractivity contribution in [2.24, 2.45) is 5.73 Å². The van der Waals surface area contributed by atoms with Crippen LogP contribution in [0.5, 0.6) is 0 Å². The molecule has 2 aromatic rings. The maximum atomic E-state index is 12.3. The predicted octanol–water partition coefficient (Wildman–Crippen LogP) is 0.869. The molecule has 0 saturated carbocycles. The summed E-state index contributed by atoms with van der Waals surface area (Å²) in [6.07, 6.45) is 2.55. The fourth-order valence-electron chi connectivity index (χ4n) is 1.62. The van der Waals surface area contributed by atoms with Crippen LogP contribution in [0.2, 0.25) is 0 Å². The van der Waals surface area contributed by atoms with Crippen molar-refractivity contribution in [2.75, 3.05) is 11.4 Å². The van der Waals surface area contributed by atoms with Crippen molar-refractivity contribution >= 4 is 32.9 Å². The van der Waals surface area contributed by atoms with Gasteiger partial charge in [-0.25, -0.2) is 4.98 Å². The summed E-state index contributed by atoms with van der Waals surface area (Å²) in [5.74, 6) is 0. The lowest BCUT2D eigenvalue weighted by atomic mass is 10.2. The highest BCUT2D eigenvalue weighted by Crippen LogP contribution is 2.24. The van der Waals surface area contributed by atoms with Gasteiger partial charge in [-0.3, -0.25) is 4.31 Å². The number of hydrogen-bond acceptors (Lipinski definition) is 4. The molecule has 0 radical (unpaired) electrons. The summed E-state index contributed by atoms with van der Waals surface area (Å²) in [6, 6.07) is 6.78. The number of anilines is 1. The highest BCUT2D eigenvalue weighted by atomic mass is 32.2. The average molecular weight is 296 g/mol. The molecule has 19 heavy (non-hydrogen) atoms. The van der Waals surface area contributed by atoms with E-state index in [0.29, 0.717) is 11.3 Å². The van der Waals surface area contributed by atoms with Crippen LogP contribution in [-0.2, 0) is 10.0 Å². The molecule has 0 saturated heterocycles. The lowest BCUT2D eigenvalue weighted by molar-refractivity contribution is 0.591. The zero-order valence-corrected chi connectivity index (χ0v) is 11.7. The van der Waals surface area contributed by atoms with Crippen LogP contribution in [0.15, 0.2) is 41.8 Å². The van der Waals surface area contributed by atoms with Crippen LogP contribution in [0.25, 0.3) is 0 Å². The summed E-state index contributed by atoms with van der Waals surface area (Å²) in [7, 11) is -2.27. The van der Waals surface area contributed by atoms with Crippen molar-refractivity contribution in [1.29, 1.82) is 0 Å². The maximum absolute atomic E-state index is 12.3. The van der Waals surface area contributed by atoms with Gasteiger partial charge < -0.3 is 10.7 Å². The van der Waals surface area contributed by atoms with Crippen LogP contribution >= 0.6 is 12.2 Å². The van der Waals surface area contributed by atoms with Crippen LogP contribution in [0, 0.1) is 0 Å². The monoisotopic (exact) mass is 296 g/mol. The molecule has 1 heterocycles. The summed E-state index contributed by atoms with van der Waals surface area (Å²) in [4.78, 5) is 6.42. The van der Waals surface area contributed by atoms with Gasteiger partial charge >= 0.3 is 0 Å². The van der Waals surface area contributed by atoms with E-state index in [1.54, 1.807) is 24.3 Å². The number of aromatic nitrogens is 2. The molecule has 6 nitrogen and oxygen atoms in total. The Morgan fingerprint density at radius 2 is 2.11 bits per heavy atom. The number of imidazole rings is 1. The molecule has 100 valence electrons. The summed E-state index contributed by atoms with van der Waals surface area (Å²) < 4.78 is 25.8. The molecule has 0 spiro atoms. The van der Waals surface area contributed by atoms with E-state index in [1.807, 2.05) is 0 Å². The number of rotatable bonds is 4. The van der Waals surface area contributed by atoms with Gasteiger partial charge in [0.05, 0.1) is 18.2 Å². The molecule has 8 heteroatoms. The average Bonchev–Trinajstić information content (AvgIpc) is 2.92. The molecule has 0 atom stereocenters. The number of H-pyrrole nitrogens is 1. The van der Waals surface area contributed by atoms with Gasteiger partial charge in [0.2, 0.25) is 0 Å². The van der Waals surface area contributed by atoms with Crippen molar-refractivity contribution in [3.8, 4) is 0 Å². The Bertz CT molecular complexity index is 695. The zero-order chi connectivity index (χ0) is 14.0. The Morgan fingerprint density at radius 1 is 1.42 bits per heavy atom. The highest BCUT2D eigenvalue weighted by Gasteiger charge is 2.24. The van der Waals surface area contributed by atoms with Crippen LogP contribution in [0.4, 0.5) is 5.69 Å². The molecule has 0 bridgehead atoms. The van der Waals surface area contributed by atoms with E-state index in [9.17, 15) is 8.42 Å². The van der Waals surface area contributed by atoms with E-state index in [1.165, 1.54) is 19.6 Å². The number of aromatic amines is 1. The van der Waals surface area contributed by atoms with Crippen molar-refractivity contribution in [2.45, 2.75) is 5.03 Å². The maximum Gasteiger partial charge on any atom is 0.281 e. The SMILES string of the molecule is CN(c1ccccc1C(N)=S)S(=O)(=O)c1cnc[nH]1. The number of para-hydroxylation sites is 1. The van der Waals surface area contributed by atoms with Crippen molar-refractivity contribution in [3.05, 3.63) is 42.4 Å². The molecule has 0 fully saturated rings. The zero-order valence-electron chi connectivity index (χ0n) is 10.1. The predicted molar refractivity (Wildman–Crippen MR) is 76.5 cm³/mol. The van der Waals surface area contributed by atoms with E-state index >= 15 is 0 Å². The Labute approximate surface area is 116 Å². The van der Waals surface area contributed by atoms with E-state index in [0.717, 1.165) is 4.31 Å². The normalized spacial score (nSPS) is 11.2. The van der Waals surface area contributed by atoms with Gasteiger partial charge in [0.1, 0.15) is 4.99 Å². The Morgan fingerprint density at radius 3 is 2.68 bits per heavy atom. The van der Waals surface area contributed by atoms with Gasteiger partial charge in [-0.05, 0) is 12.1 Å². The van der Waals surface area contributed by atoms with Crippen molar-refractivity contribution < 1.29 is 8.42 Å². The number of nitrogens with zero attached hydrogens (tertiary/aromatic N) is 2. The smallest absolute Gasteiger partial charge is 0.281 e. The first-order valence-electron chi connectivity index (χ1n) is 5.30. The van der Waals surface area contributed by atoms with Crippen LogP contribution in [0.3, 0.4) is 0 Å². The molecule has 0 unspecified atom stereocenters. The summed E-state index contributed by atoms with van der Waals surface area (Å²) in [5.41, 5.74) is 6.53. The van der Waals surface area contributed by atoms with E-state index in [-0.39, 0.29) is 10.0 Å². The third kappa shape index (κ3) is 2.45. The molecule has 0 aliphatic heterocycles. The lowest BCUT2D eigenvalue weighted by Crippen LogP contribution is -2.29. The minimum absolute atomic E-state index is 0.00717. The molecule has 0 amide bonds. The molecule has 0 aliphatic rings. The highest BCUT2D eigenvalue weighted by molar-refractivity contribution is 7.92. The first-order valence-corrected chi connectivity index (χ1v) is 7.15. The number of sulfonamides is 1. The number of thiocarbonyl (C=S) groups is 1. The second-order valence-corrected chi connectivity index (χ2v) is 6.15. The molecular weight excluding hydrogens is 284 g/mol. The van der Waals surface area contributed by atoms with Gasteiger partial charge in [0, 0.05) is 12.6 Å². The fourth-order valence-corrected chi connectivity index (χ4v) is 2.90. The van der Waals surface area contributed by atoms with Crippen LogP contribution < -0.4 is 10.0 Å². The summed E-state index contributed by atoms with van der Waals surface area (Å²) in [6.45, 7) is 0. The summed E-state index contributed by atoms with van der Waals surface area (Å²) >= 11 is 4.93. The topological polar surface area (TPSA) is 92.1 Å². The third-order valence-electron chi connectivity index (χ3n) is 2.62. The van der Waals surface area contributed by atoms with E-state index in [4.69, 9.17) is 18.0 Å². The molecule has 2 rings (SSSR count). The fraction of sp³-hybridized carbons (Fsp3) is 0.0909. The summed E-state index contributed by atoms with van der Waals surface area (Å²) in [5, 5.41) is 0.00717. The lowest BCUT2D eigenvalue weighted by Gasteiger charge is -2.20. The largest absolute Gasteiger partial charge is 0.389 e. The Balaban J connectivity index is 2.52. The minimum atomic E-state index is -3.70. The van der Waals surface area contributed by atoms with E-state index in [2.05, 4.69) is 9.97 Å². The standard InChI is InChI=1S/C11H12N4O2S2/c1-15(19(16,17)10-6-13-7-14-10)9-5-3-2-4-8(9)11(12)18/h2-7H,1H3,(H2,12,18)(H,13,14). The van der Waals surface area contributed by atoms with Gasteiger partial charge in [-0.1, -0.05) is 24.4 Å². The number of nitrogens with one attached hydrogen (secondary N) is 1. The van der Waals surface area contributed by atoms with E-state index < -0.39 is 10.0 Å². The quantitative estimate of drug-likeness (QED) is 0.817. The molecular formula is C11H12N4O2S2. The molecule has 1 aromatic heterocycles. The second kappa shape index (κ2) is 4.98. The van der Waals surface area contributed by atoms with Crippen LogP contribution in [-0.4, -0.2) is 30.4 Å². The Hall–Kier alpha value is -1.93. The van der Waals surface area contributed by atoms with Gasteiger partial charge in [0.25, 0.3) is 10.0 Å². The number of benzene rings is 1.